The first kappa shape index (κ1) is 20.6. The maximum absolute atomic E-state index is 11.9. The fourth-order valence-electron chi connectivity index (χ4n) is 1.94. The third kappa shape index (κ3) is 8.31. The van der Waals surface area contributed by atoms with Crippen molar-refractivity contribution in [2.24, 2.45) is 5.10 Å². The SMILES string of the molecule is CCCCCCC(C)=NNC(=O)CNc1c(Br)cc(Br)cc1Br. The van der Waals surface area contributed by atoms with Gasteiger partial charge in [0.15, 0.2) is 0 Å². The molecule has 0 saturated heterocycles. The number of nitrogens with one attached hydrogen (secondary N) is 2. The van der Waals surface area contributed by atoms with Gasteiger partial charge in [-0.2, -0.15) is 5.10 Å². The van der Waals surface area contributed by atoms with E-state index in [1.165, 1.54) is 19.3 Å². The fourth-order valence-corrected chi connectivity index (χ4v) is 4.48. The molecule has 1 rings (SSSR count). The summed E-state index contributed by atoms with van der Waals surface area (Å²) in [6, 6.07) is 3.84. The minimum absolute atomic E-state index is 0.158. The van der Waals surface area contributed by atoms with Crippen LogP contribution in [-0.4, -0.2) is 18.2 Å². The van der Waals surface area contributed by atoms with Gasteiger partial charge in [0.25, 0.3) is 5.91 Å². The number of halogens is 3. The molecule has 128 valence electrons. The van der Waals surface area contributed by atoms with E-state index < -0.39 is 0 Å². The maximum atomic E-state index is 11.9. The van der Waals surface area contributed by atoms with E-state index in [4.69, 9.17) is 0 Å². The molecule has 0 bridgehead atoms. The second-order valence-electron chi connectivity index (χ2n) is 5.29. The minimum Gasteiger partial charge on any atom is -0.374 e. The van der Waals surface area contributed by atoms with E-state index in [-0.39, 0.29) is 12.5 Å². The monoisotopic (exact) mass is 509 g/mol. The first-order chi connectivity index (χ1) is 10.9. The van der Waals surface area contributed by atoms with Gasteiger partial charge < -0.3 is 5.32 Å². The molecule has 1 amide bonds. The van der Waals surface area contributed by atoms with Crippen molar-refractivity contribution in [1.29, 1.82) is 0 Å². The topological polar surface area (TPSA) is 53.5 Å². The largest absolute Gasteiger partial charge is 0.374 e. The molecule has 7 heteroatoms. The van der Waals surface area contributed by atoms with Gasteiger partial charge in [0.05, 0.1) is 12.2 Å². The van der Waals surface area contributed by atoms with Gasteiger partial charge in [-0.25, -0.2) is 5.43 Å². The highest BCUT2D eigenvalue weighted by molar-refractivity contribution is 9.11. The second-order valence-corrected chi connectivity index (χ2v) is 7.92. The lowest BCUT2D eigenvalue weighted by atomic mass is 10.1. The Kier molecular flexibility index (Phi) is 10.1. The molecule has 1 aromatic carbocycles. The number of rotatable bonds is 9. The number of anilines is 1. The Labute approximate surface area is 163 Å². The number of hydrogen-bond donors (Lipinski definition) is 2. The quantitative estimate of drug-likeness (QED) is 0.248. The van der Waals surface area contributed by atoms with Gasteiger partial charge >= 0.3 is 0 Å². The molecule has 0 aliphatic heterocycles. The highest BCUT2D eigenvalue weighted by Gasteiger charge is 2.08. The molecule has 4 nitrogen and oxygen atoms in total. The molecule has 0 atom stereocenters. The Morgan fingerprint density at radius 1 is 1.13 bits per heavy atom. The number of carbonyl (C=O) groups is 1. The van der Waals surface area contributed by atoms with Gasteiger partial charge in [0.2, 0.25) is 0 Å². The summed E-state index contributed by atoms with van der Waals surface area (Å²) in [4.78, 5) is 11.9. The van der Waals surface area contributed by atoms with Crippen LogP contribution in [0.1, 0.15) is 46.0 Å². The van der Waals surface area contributed by atoms with E-state index in [2.05, 4.69) is 70.6 Å². The molecule has 1 aromatic rings. The molecule has 0 unspecified atom stereocenters. The molecular weight excluding hydrogens is 490 g/mol. The summed E-state index contributed by atoms with van der Waals surface area (Å²) in [5.41, 5.74) is 4.39. The van der Waals surface area contributed by atoms with Crippen molar-refractivity contribution >= 4 is 65.1 Å². The molecular formula is C16H22Br3N3O. The average molecular weight is 512 g/mol. The lowest BCUT2D eigenvalue weighted by Gasteiger charge is -2.10. The van der Waals surface area contributed by atoms with Gasteiger partial charge in [-0.3, -0.25) is 4.79 Å². The predicted octanol–water partition coefficient (Wildman–Crippen LogP) is 5.85. The standard InChI is InChI=1S/C16H22Br3N3O/c1-3-4-5-6-7-11(2)21-22-15(23)10-20-16-13(18)8-12(17)9-14(16)19/h8-9,20H,3-7,10H2,1-2H3,(H,22,23). The van der Waals surface area contributed by atoms with Crippen molar-refractivity contribution in [1.82, 2.24) is 5.43 Å². The Hall–Kier alpha value is -0.400. The van der Waals surface area contributed by atoms with Gasteiger partial charge in [0, 0.05) is 19.1 Å². The van der Waals surface area contributed by atoms with Crippen molar-refractivity contribution < 1.29 is 4.79 Å². The van der Waals surface area contributed by atoms with Crippen molar-refractivity contribution in [3.05, 3.63) is 25.6 Å². The molecule has 0 fully saturated rings. The lowest BCUT2D eigenvalue weighted by molar-refractivity contribution is -0.119. The summed E-state index contributed by atoms with van der Waals surface area (Å²) < 4.78 is 2.71. The molecule has 0 aliphatic carbocycles. The van der Waals surface area contributed by atoms with E-state index in [0.29, 0.717) is 0 Å². The van der Waals surface area contributed by atoms with Crippen molar-refractivity contribution in [2.45, 2.75) is 46.0 Å². The van der Waals surface area contributed by atoms with Crippen molar-refractivity contribution in [3.63, 3.8) is 0 Å². The van der Waals surface area contributed by atoms with Gasteiger partial charge in [-0.1, -0.05) is 42.1 Å². The van der Waals surface area contributed by atoms with E-state index in [1.807, 2.05) is 19.1 Å². The number of amides is 1. The summed E-state index contributed by atoms with van der Waals surface area (Å²) in [7, 11) is 0. The van der Waals surface area contributed by atoms with Crippen LogP contribution in [0, 0.1) is 0 Å². The zero-order valence-electron chi connectivity index (χ0n) is 13.4. The molecule has 0 saturated carbocycles. The summed E-state index contributed by atoms with van der Waals surface area (Å²) in [6.45, 7) is 4.29. The Morgan fingerprint density at radius 3 is 2.39 bits per heavy atom. The molecule has 0 heterocycles. The number of hydrogen-bond acceptors (Lipinski definition) is 3. The smallest absolute Gasteiger partial charge is 0.259 e. The summed E-state index contributed by atoms with van der Waals surface area (Å²) >= 11 is 10.4. The van der Waals surface area contributed by atoms with Gasteiger partial charge in [-0.05, 0) is 63.8 Å². The molecule has 0 radical (unpaired) electrons. The molecule has 0 spiro atoms. The highest BCUT2D eigenvalue weighted by atomic mass is 79.9. The predicted molar refractivity (Wildman–Crippen MR) is 108 cm³/mol. The fraction of sp³-hybridized carbons (Fsp3) is 0.500. The summed E-state index contributed by atoms with van der Waals surface area (Å²) in [5, 5.41) is 7.24. The van der Waals surface area contributed by atoms with Crippen LogP contribution >= 0.6 is 47.8 Å². The number of hydrazone groups is 1. The van der Waals surface area contributed by atoms with Crippen LogP contribution in [0.4, 0.5) is 5.69 Å². The molecule has 23 heavy (non-hydrogen) atoms. The van der Waals surface area contributed by atoms with Crippen molar-refractivity contribution in [3.8, 4) is 0 Å². The zero-order valence-corrected chi connectivity index (χ0v) is 18.1. The van der Waals surface area contributed by atoms with Crippen LogP contribution in [-0.2, 0) is 4.79 Å². The first-order valence-electron chi connectivity index (χ1n) is 7.64. The van der Waals surface area contributed by atoms with Crippen LogP contribution in [0.2, 0.25) is 0 Å². The number of nitrogens with zero attached hydrogens (tertiary/aromatic N) is 1. The lowest BCUT2D eigenvalue weighted by Crippen LogP contribution is -2.26. The van der Waals surface area contributed by atoms with Crippen LogP contribution in [0.3, 0.4) is 0 Å². The Balaban J connectivity index is 2.40. The zero-order chi connectivity index (χ0) is 17.2. The third-order valence-electron chi connectivity index (χ3n) is 3.20. The normalized spacial score (nSPS) is 11.4. The molecule has 0 aromatic heterocycles. The van der Waals surface area contributed by atoms with Crippen LogP contribution < -0.4 is 10.7 Å². The van der Waals surface area contributed by atoms with E-state index in [9.17, 15) is 4.79 Å². The number of unbranched alkanes of at least 4 members (excludes halogenated alkanes) is 3. The minimum atomic E-state index is -0.167. The van der Waals surface area contributed by atoms with Gasteiger partial charge in [0.1, 0.15) is 0 Å². The van der Waals surface area contributed by atoms with E-state index in [1.54, 1.807) is 0 Å². The first-order valence-corrected chi connectivity index (χ1v) is 10.0. The van der Waals surface area contributed by atoms with Crippen LogP contribution in [0.25, 0.3) is 0 Å². The number of carbonyl (C=O) groups excluding carboxylic acids is 1. The van der Waals surface area contributed by atoms with E-state index >= 15 is 0 Å². The third-order valence-corrected chi connectivity index (χ3v) is 4.90. The average Bonchev–Trinajstić information content (AvgIpc) is 2.48. The molecule has 0 aliphatic rings. The highest BCUT2D eigenvalue weighted by Crippen LogP contribution is 2.34. The molecule has 2 N–H and O–H groups in total. The van der Waals surface area contributed by atoms with Crippen LogP contribution in [0.15, 0.2) is 30.7 Å². The Bertz CT molecular complexity index is 538. The van der Waals surface area contributed by atoms with Crippen molar-refractivity contribution in [2.75, 3.05) is 11.9 Å². The van der Waals surface area contributed by atoms with E-state index in [0.717, 1.165) is 37.7 Å². The summed E-state index contributed by atoms with van der Waals surface area (Å²) in [5.74, 6) is -0.167. The Morgan fingerprint density at radius 2 is 1.78 bits per heavy atom. The van der Waals surface area contributed by atoms with Gasteiger partial charge in [-0.15, -0.1) is 0 Å². The number of benzene rings is 1. The summed E-state index contributed by atoms with van der Waals surface area (Å²) in [6.07, 6.45) is 5.73. The van der Waals surface area contributed by atoms with Crippen LogP contribution in [0.5, 0.6) is 0 Å². The second kappa shape index (κ2) is 11.2. The maximum Gasteiger partial charge on any atom is 0.259 e.